The highest BCUT2D eigenvalue weighted by Crippen LogP contribution is 2.33. The Morgan fingerprint density at radius 1 is 1.40 bits per heavy atom. The van der Waals surface area contributed by atoms with Gasteiger partial charge in [-0.15, -0.1) is 0 Å². The van der Waals surface area contributed by atoms with Crippen molar-refractivity contribution in [3.63, 3.8) is 0 Å². The van der Waals surface area contributed by atoms with Gasteiger partial charge in [0.05, 0.1) is 0 Å². The van der Waals surface area contributed by atoms with Crippen molar-refractivity contribution in [3.8, 4) is 0 Å². The van der Waals surface area contributed by atoms with Crippen molar-refractivity contribution in [1.29, 1.82) is 0 Å². The van der Waals surface area contributed by atoms with Crippen LogP contribution in [0.5, 0.6) is 0 Å². The molecule has 0 radical (unpaired) electrons. The molecule has 84 valence electrons. The molecule has 1 rings (SSSR count). The molecule has 0 saturated heterocycles. The molecule has 0 saturated carbocycles. The molecule has 1 aromatic carbocycles. The lowest BCUT2D eigenvalue weighted by molar-refractivity contribution is 0.0160. The smallest absolute Gasteiger partial charge is 0.270 e. The number of hydrogen-bond acceptors (Lipinski definition) is 1. The number of aliphatic hydroxyl groups excluding tert-OH is 1. The number of alkyl halides is 2. The van der Waals surface area contributed by atoms with Crippen molar-refractivity contribution in [2.24, 2.45) is 0 Å². The Morgan fingerprint density at radius 3 is 2.47 bits per heavy atom. The number of aryl methyl sites for hydroxylation is 1. The molecule has 0 amide bonds. The molecule has 1 nitrogen and oxygen atoms in total. The molecule has 3 heteroatoms. The van der Waals surface area contributed by atoms with Crippen molar-refractivity contribution in [2.45, 2.75) is 32.6 Å². The molecule has 0 aliphatic heterocycles. The zero-order valence-electron chi connectivity index (χ0n) is 9.22. The van der Waals surface area contributed by atoms with E-state index < -0.39 is 5.92 Å². The van der Waals surface area contributed by atoms with Gasteiger partial charge in [0.2, 0.25) is 0 Å². The topological polar surface area (TPSA) is 20.2 Å². The second-order valence-electron chi connectivity index (χ2n) is 4.06. The fourth-order valence-corrected chi connectivity index (χ4v) is 1.59. The van der Waals surface area contributed by atoms with Gasteiger partial charge in [-0.3, -0.25) is 0 Å². The normalized spacial score (nSPS) is 14.0. The summed E-state index contributed by atoms with van der Waals surface area (Å²) in [6, 6.07) is 4.82. The Labute approximate surface area is 88.7 Å². The second-order valence-corrected chi connectivity index (χ2v) is 4.06. The fraction of sp³-hybridized carbons (Fsp3) is 0.500. The summed E-state index contributed by atoms with van der Waals surface area (Å²) in [5, 5.41) is 9.02. The van der Waals surface area contributed by atoms with E-state index in [0.29, 0.717) is 5.56 Å². The van der Waals surface area contributed by atoms with Crippen molar-refractivity contribution < 1.29 is 13.9 Å². The molecule has 1 unspecified atom stereocenters. The minimum atomic E-state index is -2.85. The van der Waals surface area contributed by atoms with Gasteiger partial charge in [-0.1, -0.05) is 30.7 Å². The lowest BCUT2D eigenvalue weighted by Crippen LogP contribution is -2.14. The summed E-state index contributed by atoms with van der Waals surface area (Å²) in [6.45, 7) is 4.35. The van der Waals surface area contributed by atoms with E-state index in [1.165, 1.54) is 6.07 Å². The third-order valence-electron chi connectivity index (χ3n) is 2.48. The first-order chi connectivity index (χ1) is 6.86. The first-order valence-corrected chi connectivity index (χ1v) is 4.96. The SMILES string of the molecule is Cc1ccc(C(C)(F)F)c(C(C)CO)c1. The predicted molar refractivity (Wildman–Crippen MR) is 56.2 cm³/mol. The first-order valence-electron chi connectivity index (χ1n) is 4.96. The van der Waals surface area contributed by atoms with E-state index in [-0.39, 0.29) is 18.1 Å². The third-order valence-corrected chi connectivity index (χ3v) is 2.48. The van der Waals surface area contributed by atoms with Crippen LogP contribution in [0.15, 0.2) is 18.2 Å². The van der Waals surface area contributed by atoms with Crippen LogP contribution in [0, 0.1) is 6.92 Å². The van der Waals surface area contributed by atoms with Gasteiger partial charge in [0.1, 0.15) is 0 Å². The summed E-state index contributed by atoms with van der Waals surface area (Å²) in [7, 11) is 0. The summed E-state index contributed by atoms with van der Waals surface area (Å²) in [4.78, 5) is 0. The molecule has 1 aromatic rings. The summed E-state index contributed by atoms with van der Waals surface area (Å²) in [5.41, 5.74) is 1.47. The molecule has 1 atom stereocenters. The maximum Gasteiger partial charge on any atom is 0.270 e. The maximum atomic E-state index is 13.3. The van der Waals surface area contributed by atoms with E-state index in [1.54, 1.807) is 19.1 Å². The molecule has 0 aliphatic carbocycles. The van der Waals surface area contributed by atoms with Crippen LogP contribution in [-0.2, 0) is 5.92 Å². The monoisotopic (exact) mass is 214 g/mol. The van der Waals surface area contributed by atoms with Crippen LogP contribution in [-0.4, -0.2) is 11.7 Å². The van der Waals surface area contributed by atoms with Crippen molar-refractivity contribution in [1.82, 2.24) is 0 Å². The fourth-order valence-electron chi connectivity index (χ4n) is 1.59. The van der Waals surface area contributed by atoms with Gasteiger partial charge in [-0.2, -0.15) is 0 Å². The first kappa shape index (κ1) is 12.1. The maximum absolute atomic E-state index is 13.3. The van der Waals surface area contributed by atoms with E-state index in [4.69, 9.17) is 5.11 Å². The lowest BCUT2D eigenvalue weighted by atomic mass is 9.92. The minimum absolute atomic E-state index is 0.00894. The van der Waals surface area contributed by atoms with Crippen LogP contribution in [0.25, 0.3) is 0 Å². The summed E-state index contributed by atoms with van der Waals surface area (Å²) in [5.74, 6) is -3.11. The van der Waals surface area contributed by atoms with Gasteiger partial charge in [0, 0.05) is 25.0 Å². The molecule has 0 fully saturated rings. The van der Waals surface area contributed by atoms with Gasteiger partial charge < -0.3 is 5.11 Å². The summed E-state index contributed by atoms with van der Waals surface area (Å²) in [6.07, 6.45) is 0. The van der Waals surface area contributed by atoms with Crippen LogP contribution in [0.2, 0.25) is 0 Å². The summed E-state index contributed by atoms with van der Waals surface area (Å²) < 4.78 is 26.5. The van der Waals surface area contributed by atoms with Crippen molar-refractivity contribution in [2.75, 3.05) is 6.61 Å². The Balaban J connectivity index is 3.27. The van der Waals surface area contributed by atoms with Crippen LogP contribution >= 0.6 is 0 Å². The Kier molecular flexibility index (Phi) is 3.45. The van der Waals surface area contributed by atoms with Crippen molar-refractivity contribution >= 4 is 0 Å². The van der Waals surface area contributed by atoms with Crippen molar-refractivity contribution in [3.05, 3.63) is 34.9 Å². The summed E-state index contributed by atoms with van der Waals surface area (Å²) >= 11 is 0. The molecule has 1 N–H and O–H groups in total. The number of hydrogen-bond donors (Lipinski definition) is 1. The van der Waals surface area contributed by atoms with Crippen LogP contribution < -0.4 is 0 Å². The zero-order valence-corrected chi connectivity index (χ0v) is 9.22. The largest absolute Gasteiger partial charge is 0.396 e. The average Bonchev–Trinajstić information content (AvgIpc) is 2.14. The van der Waals surface area contributed by atoms with Crippen LogP contribution in [0.4, 0.5) is 8.78 Å². The number of benzene rings is 1. The molecule has 0 spiro atoms. The third kappa shape index (κ3) is 2.75. The quantitative estimate of drug-likeness (QED) is 0.819. The standard InChI is InChI=1S/C12H16F2O/c1-8-4-5-11(12(3,13)14)10(6-8)9(2)7-15/h4-6,9,15H,7H2,1-3H3. The van der Waals surface area contributed by atoms with Gasteiger partial charge >= 0.3 is 0 Å². The Morgan fingerprint density at radius 2 is 2.00 bits per heavy atom. The molecule has 0 heterocycles. The zero-order chi connectivity index (χ0) is 11.6. The Bertz CT molecular complexity index is 342. The van der Waals surface area contributed by atoms with Crippen LogP contribution in [0.1, 0.15) is 36.5 Å². The Hall–Kier alpha value is -0.960. The highest BCUT2D eigenvalue weighted by Gasteiger charge is 2.28. The molecule has 0 aromatic heterocycles. The predicted octanol–water partition coefficient (Wildman–Crippen LogP) is 3.20. The average molecular weight is 214 g/mol. The highest BCUT2D eigenvalue weighted by molar-refractivity contribution is 5.36. The molecule has 0 bridgehead atoms. The molecule has 0 aliphatic rings. The van der Waals surface area contributed by atoms with E-state index in [2.05, 4.69) is 0 Å². The van der Waals surface area contributed by atoms with E-state index in [1.807, 2.05) is 6.92 Å². The van der Waals surface area contributed by atoms with E-state index >= 15 is 0 Å². The number of halogens is 2. The van der Waals surface area contributed by atoms with Gasteiger partial charge in [-0.25, -0.2) is 8.78 Å². The second kappa shape index (κ2) is 4.27. The minimum Gasteiger partial charge on any atom is -0.396 e. The van der Waals surface area contributed by atoms with Gasteiger partial charge in [-0.05, 0) is 12.5 Å². The molecular weight excluding hydrogens is 198 g/mol. The van der Waals surface area contributed by atoms with E-state index in [9.17, 15) is 8.78 Å². The highest BCUT2D eigenvalue weighted by atomic mass is 19.3. The van der Waals surface area contributed by atoms with Gasteiger partial charge in [0.25, 0.3) is 5.92 Å². The van der Waals surface area contributed by atoms with Gasteiger partial charge in [0.15, 0.2) is 0 Å². The number of rotatable bonds is 3. The number of aliphatic hydroxyl groups is 1. The molecular formula is C12H16F2O. The van der Waals surface area contributed by atoms with Crippen LogP contribution in [0.3, 0.4) is 0 Å². The lowest BCUT2D eigenvalue weighted by Gasteiger charge is -2.19. The van der Waals surface area contributed by atoms with E-state index in [0.717, 1.165) is 12.5 Å². The molecule has 15 heavy (non-hydrogen) atoms.